The van der Waals surface area contributed by atoms with Crippen LogP contribution in [0.5, 0.6) is 0 Å². The van der Waals surface area contributed by atoms with Crippen LogP contribution >= 0.6 is 11.3 Å². The van der Waals surface area contributed by atoms with E-state index in [1.807, 2.05) is 37.3 Å². The van der Waals surface area contributed by atoms with Crippen molar-refractivity contribution in [3.05, 3.63) is 82.4 Å². The topological polar surface area (TPSA) is 93.1 Å². The number of rotatable bonds is 6. The molecule has 1 aliphatic carbocycles. The van der Waals surface area contributed by atoms with Crippen molar-refractivity contribution in [1.29, 1.82) is 0 Å². The molecule has 7 nitrogen and oxygen atoms in total. The van der Waals surface area contributed by atoms with Crippen LogP contribution in [0.1, 0.15) is 28.8 Å². The van der Waals surface area contributed by atoms with Gasteiger partial charge < -0.3 is 10.6 Å². The molecule has 0 bridgehead atoms. The van der Waals surface area contributed by atoms with E-state index in [-0.39, 0.29) is 24.1 Å². The van der Waals surface area contributed by atoms with Crippen LogP contribution in [-0.4, -0.2) is 27.4 Å². The first-order valence-corrected chi connectivity index (χ1v) is 11.6. The van der Waals surface area contributed by atoms with E-state index in [1.54, 1.807) is 24.3 Å². The SMILES string of the molecule is Cc1c(-c2ccccc2)sc2ncn(CC(=O)Nc3ccccc3C(=O)NC3CC3)c(=O)c12. The van der Waals surface area contributed by atoms with Gasteiger partial charge in [0.25, 0.3) is 11.5 Å². The second kappa shape index (κ2) is 8.63. The fraction of sp³-hybridized carbons (Fsp3) is 0.200. The van der Waals surface area contributed by atoms with Crippen LogP contribution in [0.3, 0.4) is 0 Å². The molecule has 2 amide bonds. The van der Waals surface area contributed by atoms with Gasteiger partial charge in [-0.05, 0) is 43.0 Å². The Morgan fingerprint density at radius 1 is 1.09 bits per heavy atom. The number of carbonyl (C=O) groups is 2. The highest BCUT2D eigenvalue weighted by Crippen LogP contribution is 2.35. The number of fused-ring (bicyclic) bond motifs is 1. The standard InChI is InChI=1S/C25H22N4O3S/c1-15-21-24(33-22(15)16-7-3-2-4-8-16)26-14-29(25(21)32)13-20(30)28-19-10-6-5-9-18(19)23(31)27-17-11-12-17/h2-10,14,17H,11-13H2,1H3,(H,27,31)(H,28,30). The summed E-state index contributed by atoms with van der Waals surface area (Å²) in [5, 5.41) is 6.23. The van der Waals surface area contributed by atoms with Gasteiger partial charge in [-0.3, -0.25) is 19.0 Å². The maximum atomic E-state index is 13.2. The Kier molecular flexibility index (Phi) is 5.51. The van der Waals surface area contributed by atoms with Crippen LogP contribution in [0.4, 0.5) is 5.69 Å². The Hall–Kier alpha value is -3.78. The molecule has 0 unspecified atom stereocenters. The first-order chi connectivity index (χ1) is 16.0. The van der Waals surface area contributed by atoms with Gasteiger partial charge in [0.15, 0.2) is 0 Å². The van der Waals surface area contributed by atoms with Gasteiger partial charge in [-0.15, -0.1) is 11.3 Å². The lowest BCUT2D eigenvalue weighted by Crippen LogP contribution is -2.30. The van der Waals surface area contributed by atoms with Crippen molar-refractivity contribution >= 4 is 39.1 Å². The quantitative estimate of drug-likeness (QED) is 0.457. The lowest BCUT2D eigenvalue weighted by atomic mass is 10.1. The molecule has 0 radical (unpaired) electrons. The third kappa shape index (κ3) is 4.29. The lowest BCUT2D eigenvalue weighted by Gasteiger charge is -2.12. The number of aromatic nitrogens is 2. The van der Waals surface area contributed by atoms with Gasteiger partial charge in [0.05, 0.1) is 23.0 Å². The summed E-state index contributed by atoms with van der Waals surface area (Å²) in [6, 6.07) is 16.9. The summed E-state index contributed by atoms with van der Waals surface area (Å²) in [6.07, 6.45) is 3.36. The van der Waals surface area contributed by atoms with Crippen LogP contribution in [0.25, 0.3) is 20.7 Å². The van der Waals surface area contributed by atoms with E-state index in [1.165, 1.54) is 22.2 Å². The largest absolute Gasteiger partial charge is 0.349 e. The number of nitrogens with zero attached hydrogens (tertiary/aromatic N) is 2. The molecular formula is C25H22N4O3S. The molecule has 33 heavy (non-hydrogen) atoms. The first-order valence-electron chi connectivity index (χ1n) is 10.7. The molecule has 2 aromatic carbocycles. The zero-order valence-electron chi connectivity index (χ0n) is 18.0. The smallest absolute Gasteiger partial charge is 0.262 e. The summed E-state index contributed by atoms with van der Waals surface area (Å²) in [5.74, 6) is -0.614. The molecule has 0 atom stereocenters. The summed E-state index contributed by atoms with van der Waals surface area (Å²) in [4.78, 5) is 44.5. The molecule has 1 fully saturated rings. The van der Waals surface area contributed by atoms with Gasteiger partial charge in [-0.25, -0.2) is 4.98 Å². The minimum Gasteiger partial charge on any atom is -0.349 e. The zero-order chi connectivity index (χ0) is 22.9. The molecule has 2 heterocycles. The van der Waals surface area contributed by atoms with Crippen LogP contribution in [0.15, 0.2) is 65.7 Å². The van der Waals surface area contributed by atoms with E-state index in [4.69, 9.17) is 0 Å². The van der Waals surface area contributed by atoms with Crippen LogP contribution < -0.4 is 16.2 Å². The Labute approximate surface area is 194 Å². The van der Waals surface area contributed by atoms with Crippen molar-refractivity contribution in [3.63, 3.8) is 0 Å². The highest BCUT2D eigenvalue weighted by Gasteiger charge is 2.25. The van der Waals surface area contributed by atoms with E-state index < -0.39 is 5.91 Å². The van der Waals surface area contributed by atoms with Crippen molar-refractivity contribution in [2.24, 2.45) is 0 Å². The van der Waals surface area contributed by atoms with Gasteiger partial charge in [-0.1, -0.05) is 42.5 Å². The molecule has 0 saturated heterocycles. The fourth-order valence-electron chi connectivity index (χ4n) is 3.76. The number of anilines is 1. The summed E-state index contributed by atoms with van der Waals surface area (Å²) in [5.41, 5.74) is 2.45. The average Bonchev–Trinajstić information content (AvgIpc) is 3.57. The Balaban J connectivity index is 1.39. The first kappa shape index (κ1) is 21.1. The van der Waals surface area contributed by atoms with E-state index in [0.29, 0.717) is 21.5 Å². The molecule has 1 aliphatic rings. The van der Waals surface area contributed by atoms with Crippen molar-refractivity contribution in [3.8, 4) is 10.4 Å². The number of amides is 2. The molecule has 4 aromatic rings. The Bertz CT molecular complexity index is 1420. The summed E-state index contributed by atoms with van der Waals surface area (Å²) in [6.45, 7) is 1.71. The molecule has 8 heteroatoms. The van der Waals surface area contributed by atoms with Gasteiger partial charge in [-0.2, -0.15) is 0 Å². The van der Waals surface area contributed by atoms with Gasteiger partial charge in [0, 0.05) is 10.9 Å². The molecule has 2 N–H and O–H groups in total. The van der Waals surface area contributed by atoms with E-state index >= 15 is 0 Å². The maximum Gasteiger partial charge on any atom is 0.262 e. The highest BCUT2D eigenvalue weighted by molar-refractivity contribution is 7.22. The molecule has 0 aliphatic heterocycles. The van der Waals surface area contributed by atoms with Gasteiger partial charge >= 0.3 is 0 Å². The number of hydrogen-bond donors (Lipinski definition) is 2. The third-order valence-corrected chi connectivity index (χ3v) is 6.87. The normalized spacial score (nSPS) is 13.1. The number of nitrogens with one attached hydrogen (secondary N) is 2. The van der Waals surface area contributed by atoms with E-state index in [0.717, 1.165) is 28.8 Å². The summed E-state index contributed by atoms with van der Waals surface area (Å²) >= 11 is 1.47. The average molecular weight is 459 g/mol. The van der Waals surface area contributed by atoms with Crippen molar-refractivity contribution in [2.45, 2.75) is 32.4 Å². The van der Waals surface area contributed by atoms with Gasteiger partial charge in [0.2, 0.25) is 5.91 Å². The second-order valence-electron chi connectivity index (χ2n) is 8.12. The minimum atomic E-state index is -0.402. The van der Waals surface area contributed by atoms with Crippen LogP contribution in [0, 0.1) is 6.92 Å². The predicted octanol–water partition coefficient (Wildman–Crippen LogP) is 3.96. The number of benzene rings is 2. The van der Waals surface area contributed by atoms with Gasteiger partial charge in [0.1, 0.15) is 11.4 Å². The molecule has 1 saturated carbocycles. The second-order valence-corrected chi connectivity index (χ2v) is 9.12. The van der Waals surface area contributed by atoms with Crippen molar-refractivity contribution in [2.75, 3.05) is 5.32 Å². The molecule has 166 valence electrons. The number of para-hydroxylation sites is 1. The highest BCUT2D eigenvalue weighted by atomic mass is 32.1. The van der Waals surface area contributed by atoms with Crippen molar-refractivity contribution < 1.29 is 9.59 Å². The zero-order valence-corrected chi connectivity index (χ0v) is 18.8. The maximum absolute atomic E-state index is 13.2. The van der Waals surface area contributed by atoms with Crippen LogP contribution in [0.2, 0.25) is 0 Å². The number of thiophene rings is 1. The Morgan fingerprint density at radius 2 is 1.82 bits per heavy atom. The number of carbonyl (C=O) groups excluding carboxylic acids is 2. The van der Waals surface area contributed by atoms with Crippen LogP contribution in [-0.2, 0) is 11.3 Å². The lowest BCUT2D eigenvalue weighted by molar-refractivity contribution is -0.116. The summed E-state index contributed by atoms with van der Waals surface area (Å²) in [7, 11) is 0. The third-order valence-electron chi connectivity index (χ3n) is 5.63. The van der Waals surface area contributed by atoms with E-state index in [2.05, 4.69) is 15.6 Å². The molecule has 2 aromatic heterocycles. The molecule has 5 rings (SSSR count). The Morgan fingerprint density at radius 3 is 2.58 bits per heavy atom. The minimum absolute atomic E-state index is 0.198. The van der Waals surface area contributed by atoms with E-state index in [9.17, 15) is 14.4 Å². The predicted molar refractivity (Wildman–Crippen MR) is 130 cm³/mol. The fourth-order valence-corrected chi connectivity index (χ4v) is 4.91. The number of aryl methyl sites for hydroxylation is 1. The molecular weight excluding hydrogens is 436 g/mol. The summed E-state index contributed by atoms with van der Waals surface area (Å²) < 4.78 is 1.30. The molecule has 0 spiro atoms. The van der Waals surface area contributed by atoms with Crippen molar-refractivity contribution in [1.82, 2.24) is 14.9 Å². The monoisotopic (exact) mass is 458 g/mol. The number of hydrogen-bond acceptors (Lipinski definition) is 5.